The molecular formula is C13H11BrN4OS. The van der Waals surface area contributed by atoms with Crippen molar-refractivity contribution in [2.24, 2.45) is 0 Å². The zero-order valence-electron chi connectivity index (χ0n) is 10.6. The van der Waals surface area contributed by atoms with E-state index in [4.69, 9.17) is 10.5 Å². The van der Waals surface area contributed by atoms with Gasteiger partial charge in [0, 0.05) is 18.9 Å². The molecule has 0 aliphatic rings. The fraction of sp³-hybridized carbons (Fsp3) is 0.154. The Hall–Kier alpha value is -1.57. The molecule has 3 heterocycles. The smallest absolute Gasteiger partial charge is 0.163 e. The van der Waals surface area contributed by atoms with Crippen molar-refractivity contribution in [3.63, 3.8) is 0 Å². The van der Waals surface area contributed by atoms with Crippen LogP contribution < -0.4 is 5.73 Å². The van der Waals surface area contributed by atoms with Gasteiger partial charge in [-0.2, -0.15) is 0 Å². The molecule has 0 aliphatic heterocycles. The van der Waals surface area contributed by atoms with Crippen LogP contribution in [0.25, 0.3) is 21.6 Å². The second-order valence-electron chi connectivity index (χ2n) is 4.15. The zero-order chi connectivity index (χ0) is 14.1. The summed E-state index contributed by atoms with van der Waals surface area (Å²) in [5.74, 6) is 0.953. The van der Waals surface area contributed by atoms with Gasteiger partial charge in [-0.25, -0.2) is 9.97 Å². The Balaban J connectivity index is 2.12. The minimum Gasteiger partial charge on any atom is -0.383 e. The van der Waals surface area contributed by atoms with Gasteiger partial charge >= 0.3 is 0 Å². The fourth-order valence-electron chi connectivity index (χ4n) is 1.84. The Morgan fingerprint density at radius 2 is 2.25 bits per heavy atom. The van der Waals surface area contributed by atoms with Crippen LogP contribution in [-0.2, 0) is 11.3 Å². The van der Waals surface area contributed by atoms with Crippen molar-refractivity contribution in [3.8, 4) is 11.4 Å². The van der Waals surface area contributed by atoms with Crippen molar-refractivity contribution in [3.05, 3.63) is 33.9 Å². The first-order chi connectivity index (χ1) is 9.69. The van der Waals surface area contributed by atoms with Crippen molar-refractivity contribution >= 4 is 43.3 Å². The summed E-state index contributed by atoms with van der Waals surface area (Å²) < 4.78 is 6.90. The number of nitrogen functional groups attached to an aromatic ring is 1. The van der Waals surface area contributed by atoms with Crippen LogP contribution in [0.1, 0.15) is 5.69 Å². The van der Waals surface area contributed by atoms with E-state index in [1.807, 2.05) is 17.5 Å². The predicted octanol–water partition coefficient (Wildman–Crippen LogP) is 3.24. The van der Waals surface area contributed by atoms with Gasteiger partial charge in [-0.1, -0.05) is 0 Å². The highest BCUT2D eigenvalue weighted by Gasteiger charge is 2.12. The molecule has 0 bridgehead atoms. The normalized spacial score (nSPS) is 11.1. The Labute approximate surface area is 128 Å². The number of aromatic nitrogens is 3. The van der Waals surface area contributed by atoms with Gasteiger partial charge in [-0.15, -0.1) is 11.3 Å². The highest BCUT2D eigenvalue weighted by atomic mass is 79.9. The van der Waals surface area contributed by atoms with Crippen molar-refractivity contribution in [2.75, 3.05) is 12.8 Å². The zero-order valence-corrected chi connectivity index (χ0v) is 13.0. The van der Waals surface area contributed by atoms with Gasteiger partial charge in [-0.3, -0.25) is 4.98 Å². The molecule has 0 aromatic carbocycles. The SMILES string of the molecule is COCc1nc(-c2cnc3ccsc3c2)nc(N)c1Br. The number of ether oxygens (including phenoxy) is 1. The van der Waals surface area contributed by atoms with E-state index in [9.17, 15) is 0 Å². The van der Waals surface area contributed by atoms with E-state index in [-0.39, 0.29) is 0 Å². The highest BCUT2D eigenvalue weighted by molar-refractivity contribution is 9.10. The Morgan fingerprint density at radius 1 is 1.40 bits per heavy atom. The van der Waals surface area contributed by atoms with Gasteiger partial charge < -0.3 is 10.5 Å². The molecule has 0 atom stereocenters. The molecule has 0 spiro atoms. The lowest BCUT2D eigenvalue weighted by molar-refractivity contribution is 0.181. The summed E-state index contributed by atoms with van der Waals surface area (Å²) in [5.41, 5.74) is 8.45. The van der Waals surface area contributed by atoms with Crippen LogP contribution >= 0.6 is 27.3 Å². The lowest BCUT2D eigenvalue weighted by atomic mass is 10.2. The largest absolute Gasteiger partial charge is 0.383 e. The number of methoxy groups -OCH3 is 1. The number of nitrogens with two attached hydrogens (primary N) is 1. The molecule has 20 heavy (non-hydrogen) atoms. The van der Waals surface area contributed by atoms with Gasteiger partial charge in [-0.05, 0) is 33.4 Å². The molecule has 3 aromatic heterocycles. The number of thiophene rings is 1. The van der Waals surface area contributed by atoms with Crippen LogP contribution in [-0.4, -0.2) is 22.1 Å². The number of pyridine rings is 1. The van der Waals surface area contributed by atoms with Crippen LogP contribution in [0.2, 0.25) is 0 Å². The van der Waals surface area contributed by atoms with E-state index in [1.54, 1.807) is 24.6 Å². The molecule has 0 saturated heterocycles. The molecule has 0 amide bonds. The van der Waals surface area contributed by atoms with Crippen LogP contribution in [0.4, 0.5) is 5.82 Å². The number of hydrogen-bond acceptors (Lipinski definition) is 6. The number of hydrogen-bond donors (Lipinski definition) is 1. The van der Waals surface area contributed by atoms with Crippen molar-refractivity contribution < 1.29 is 4.74 Å². The highest BCUT2D eigenvalue weighted by Crippen LogP contribution is 2.28. The van der Waals surface area contributed by atoms with Gasteiger partial charge in [0.1, 0.15) is 5.82 Å². The minimum atomic E-state index is 0.370. The second-order valence-corrected chi connectivity index (χ2v) is 5.89. The maximum Gasteiger partial charge on any atom is 0.163 e. The topological polar surface area (TPSA) is 73.9 Å². The standard InChI is InChI=1S/C13H11BrN4OS/c1-19-6-9-11(14)12(15)18-13(17-9)7-4-10-8(16-5-7)2-3-20-10/h2-5H,6H2,1H3,(H2,15,17,18). The molecule has 7 heteroatoms. The molecule has 102 valence electrons. The summed E-state index contributed by atoms with van der Waals surface area (Å²) in [6.45, 7) is 0.370. The van der Waals surface area contributed by atoms with E-state index in [0.29, 0.717) is 22.7 Å². The van der Waals surface area contributed by atoms with Gasteiger partial charge in [0.25, 0.3) is 0 Å². The van der Waals surface area contributed by atoms with E-state index >= 15 is 0 Å². The summed E-state index contributed by atoms with van der Waals surface area (Å²) in [5, 5.41) is 2.01. The Morgan fingerprint density at radius 3 is 3.05 bits per heavy atom. The summed E-state index contributed by atoms with van der Waals surface area (Å²) in [6.07, 6.45) is 1.76. The maximum atomic E-state index is 5.91. The monoisotopic (exact) mass is 350 g/mol. The van der Waals surface area contributed by atoms with E-state index in [1.165, 1.54) is 0 Å². The van der Waals surface area contributed by atoms with Gasteiger partial charge in [0.2, 0.25) is 0 Å². The third kappa shape index (κ3) is 2.39. The molecule has 0 saturated carbocycles. The Kier molecular flexibility index (Phi) is 3.64. The lowest BCUT2D eigenvalue weighted by Crippen LogP contribution is -2.04. The number of nitrogens with zero attached hydrogens (tertiary/aromatic N) is 3. The predicted molar refractivity (Wildman–Crippen MR) is 83.5 cm³/mol. The maximum absolute atomic E-state index is 5.91. The first-order valence-corrected chi connectivity index (χ1v) is 7.50. The molecule has 5 nitrogen and oxygen atoms in total. The number of anilines is 1. The van der Waals surface area contributed by atoms with Gasteiger partial charge in [0.05, 0.1) is 27.0 Å². The summed E-state index contributed by atoms with van der Waals surface area (Å²) >= 11 is 5.01. The average molecular weight is 351 g/mol. The molecular weight excluding hydrogens is 340 g/mol. The molecule has 0 aliphatic carbocycles. The van der Waals surface area contributed by atoms with E-state index in [2.05, 4.69) is 30.9 Å². The van der Waals surface area contributed by atoms with Crippen LogP contribution in [0.5, 0.6) is 0 Å². The van der Waals surface area contributed by atoms with Crippen molar-refractivity contribution in [1.82, 2.24) is 15.0 Å². The Bertz CT molecular complexity index is 774. The molecule has 0 radical (unpaired) electrons. The lowest BCUT2D eigenvalue weighted by Gasteiger charge is -2.08. The van der Waals surface area contributed by atoms with Crippen molar-refractivity contribution in [2.45, 2.75) is 6.61 Å². The fourth-order valence-corrected chi connectivity index (χ4v) is 2.91. The molecule has 2 N–H and O–H groups in total. The van der Waals surface area contributed by atoms with E-state index in [0.717, 1.165) is 21.5 Å². The molecule has 3 rings (SSSR count). The minimum absolute atomic E-state index is 0.370. The molecule has 0 fully saturated rings. The summed E-state index contributed by atoms with van der Waals surface area (Å²) in [7, 11) is 1.61. The van der Waals surface area contributed by atoms with Crippen LogP contribution in [0.15, 0.2) is 28.2 Å². The van der Waals surface area contributed by atoms with Gasteiger partial charge in [0.15, 0.2) is 5.82 Å². The van der Waals surface area contributed by atoms with E-state index < -0.39 is 0 Å². The second kappa shape index (κ2) is 5.43. The average Bonchev–Trinajstić information content (AvgIpc) is 2.91. The number of halogens is 1. The van der Waals surface area contributed by atoms with Crippen LogP contribution in [0, 0.1) is 0 Å². The van der Waals surface area contributed by atoms with Crippen LogP contribution in [0.3, 0.4) is 0 Å². The third-order valence-electron chi connectivity index (χ3n) is 2.79. The number of rotatable bonds is 3. The molecule has 0 unspecified atom stereocenters. The first-order valence-electron chi connectivity index (χ1n) is 5.83. The summed E-state index contributed by atoms with van der Waals surface area (Å²) in [4.78, 5) is 13.2. The summed E-state index contributed by atoms with van der Waals surface area (Å²) in [6, 6.07) is 4.00. The third-order valence-corrected chi connectivity index (χ3v) is 4.50. The molecule has 3 aromatic rings. The first kappa shape index (κ1) is 13.4. The van der Waals surface area contributed by atoms with Crippen molar-refractivity contribution in [1.29, 1.82) is 0 Å². The quantitative estimate of drug-likeness (QED) is 0.784. The number of fused-ring (bicyclic) bond motifs is 1.